The molecule has 1 atom stereocenters. The number of carbonyl (C=O) groups excluding carboxylic acids is 1. The summed E-state index contributed by atoms with van der Waals surface area (Å²) in [6, 6.07) is 14.3. The summed E-state index contributed by atoms with van der Waals surface area (Å²) in [6.07, 6.45) is 1.70. The number of benzene rings is 2. The fraction of sp³-hybridized carbons (Fsp3) is 0.381. The monoisotopic (exact) mass is 402 g/mol. The van der Waals surface area contributed by atoms with Gasteiger partial charge in [-0.15, -0.1) is 0 Å². The van der Waals surface area contributed by atoms with Crippen molar-refractivity contribution in [2.45, 2.75) is 38.8 Å². The Bertz CT molecular complexity index is 971. The zero-order chi connectivity index (χ0) is 20.5. The highest BCUT2D eigenvalue weighted by molar-refractivity contribution is 7.92. The van der Waals surface area contributed by atoms with Gasteiger partial charge in [-0.3, -0.25) is 9.10 Å². The summed E-state index contributed by atoms with van der Waals surface area (Å²) >= 11 is 0. The number of ether oxygens (including phenoxy) is 1. The number of sulfonamides is 1. The highest BCUT2D eigenvalue weighted by Crippen LogP contribution is 2.39. The summed E-state index contributed by atoms with van der Waals surface area (Å²) in [7, 11) is -3.60. The number of nitrogens with zero attached hydrogens (tertiary/aromatic N) is 1. The average Bonchev–Trinajstić information content (AvgIpc) is 2.58. The van der Waals surface area contributed by atoms with Gasteiger partial charge >= 0.3 is 0 Å². The maximum absolute atomic E-state index is 12.8. The van der Waals surface area contributed by atoms with Crippen molar-refractivity contribution in [1.29, 1.82) is 0 Å². The summed E-state index contributed by atoms with van der Waals surface area (Å²) in [6.45, 7) is 5.67. The Balaban J connectivity index is 1.82. The van der Waals surface area contributed by atoms with Gasteiger partial charge in [0.15, 0.2) is 0 Å². The third-order valence-electron chi connectivity index (χ3n) is 4.69. The lowest BCUT2D eigenvalue weighted by molar-refractivity contribution is -0.120. The zero-order valence-corrected chi connectivity index (χ0v) is 17.4. The van der Waals surface area contributed by atoms with E-state index in [1.54, 1.807) is 30.3 Å². The molecule has 150 valence electrons. The van der Waals surface area contributed by atoms with Crippen LogP contribution in [-0.2, 0) is 14.8 Å². The fourth-order valence-electron chi connectivity index (χ4n) is 3.45. The molecule has 0 fully saturated rings. The molecule has 0 unspecified atom stereocenters. The van der Waals surface area contributed by atoms with Gasteiger partial charge in [-0.05, 0) is 44.5 Å². The summed E-state index contributed by atoms with van der Waals surface area (Å²) < 4.78 is 31.6. The quantitative estimate of drug-likeness (QED) is 0.833. The molecule has 6 nitrogen and oxygen atoms in total. The van der Waals surface area contributed by atoms with Crippen LogP contribution in [0.25, 0.3) is 0 Å². The van der Waals surface area contributed by atoms with Crippen molar-refractivity contribution in [2.75, 3.05) is 17.1 Å². The number of amides is 1. The molecule has 0 saturated carbocycles. The van der Waals surface area contributed by atoms with Crippen LogP contribution in [-0.4, -0.2) is 32.7 Å². The van der Waals surface area contributed by atoms with Crippen LogP contribution >= 0.6 is 0 Å². The minimum atomic E-state index is -3.60. The molecule has 1 amide bonds. The molecule has 1 N–H and O–H groups in total. The minimum Gasteiger partial charge on any atom is -0.487 e. The molecule has 1 aliphatic rings. The van der Waals surface area contributed by atoms with Crippen molar-refractivity contribution >= 4 is 21.6 Å². The van der Waals surface area contributed by atoms with Gasteiger partial charge in [0.2, 0.25) is 15.9 Å². The van der Waals surface area contributed by atoms with Crippen LogP contribution in [0.5, 0.6) is 5.75 Å². The lowest BCUT2D eigenvalue weighted by atomic mass is 9.89. The van der Waals surface area contributed by atoms with Gasteiger partial charge in [0.05, 0.1) is 18.0 Å². The van der Waals surface area contributed by atoms with E-state index in [9.17, 15) is 13.2 Å². The molecule has 7 heteroatoms. The molecule has 3 rings (SSSR count). The van der Waals surface area contributed by atoms with E-state index < -0.39 is 15.6 Å². The van der Waals surface area contributed by atoms with Crippen molar-refractivity contribution in [3.05, 3.63) is 59.7 Å². The second-order valence-electron chi connectivity index (χ2n) is 7.83. The Morgan fingerprint density at radius 1 is 1.21 bits per heavy atom. The van der Waals surface area contributed by atoms with Gasteiger partial charge in [-0.1, -0.05) is 30.3 Å². The number of para-hydroxylation sites is 1. The number of fused-ring (bicyclic) bond motifs is 1. The minimum absolute atomic E-state index is 0.246. The molecular formula is C21H26N2O4S. The van der Waals surface area contributed by atoms with Gasteiger partial charge in [0.1, 0.15) is 17.9 Å². The molecule has 0 saturated heterocycles. The van der Waals surface area contributed by atoms with E-state index >= 15 is 0 Å². The van der Waals surface area contributed by atoms with Crippen LogP contribution in [0.15, 0.2) is 48.5 Å². The topological polar surface area (TPSA) is 75.7 Å². The average molecular weight is 403 g/mol. The maximum atomic E-state index is 12.8. The molecule has 0 bridgehead atoms. The molecule has 0 aliphatic carbocycles. The number of hydrogen-bond acceptors (Lipinski definition) is 4. The van der Waals surface area contributed by atoms with Gasteiger partial charge in [-0.2, -0.15) is 0 Å². The van der Waals surface area contributed by atoms with Crippen molar-refractivity contribution in [2.24, 2.45) is 0 Å². The van der Waals surface area contributed by atoms with Crippen LogP contribution < -0.4 is 14.4 Å². The Kier molecular flexibility index (Phi) is 5.39. The predicted octanol–water partition coefficient (Wildman–Crippen LogP) is 3.18. The Morgan fingerprint density at radius 2 is 1.89 bits per heavy atom. The summed E-state index contributed by atoms with van der Waals surface area (Å²) in [5, 5.41) is 3.00. The number of carbonyl (C=O) groups is 1. The predicted molar refractivity (Wildman–Crippen MR) is 110 cm³/mol. The molecule has 0 radical (unpaired) electrons. The first-order valence-corrected chi connectivity index (χ1v) is 11.0. The molecule has 1 aliphatic heterocycles. The normalized spacial score (nSPS) is 17.9. The van der Waals surface area contributed by atoms with Crippen LogP contribution in [0.1, 0.15) is 37.4 Å². The van der Waals surface area contributed by atoms with Crippen LogP contribution in [0.3, 0.4) is 0 Å². The van der Waals surface area contributed by atoms with Crippen molar-refractivity contribution in [1.82, 2.24) is 5.32 Å². The third kappa shape index (κ3) is 4.65. The second-order valence-corrected chi connectivity index (χ2v) is 9.74. The van der Waals surface area contributed by atoms with E-state index in [2.05, 4.69) is 5.32 Å². The molecule has 0 aromatic heterocycles. The van der Waals surface area contributed by atoms with E-state index in [4.69, 9.17) is 4.74 Å². The largest absolute Gasteiger partial charge is 0.487 e. The first kappa shape index (κ1) is 20.2. The van der Waals surface area contributed by atoms with E-state index in [0.717, 1.165) is 27.4 Å². The fourth-order valence-corrected chi connectivity index (χ4v) is 4.31. The molecule has 0 spiro atoms. The van der Waals surface area contributed by atoms with Crippen molar-refractivity contribution in [3.63, 3.8) is 0 Å². The molecule has 2 aromatic rings. The number of aryl methyl sites for hydroxylation is 1. The molecule has 28 heavy (non-hydrogen) atoms. The van der Waals surface area contributed by atoms with E-state index in [0.29, 0.717) is 12.1 Å². The van der Waals surface area contributed by atoms with Gasteiger partial charge in [-0.25, -0.2) is 8.42 Å². The molecule has 2 aromatic carbocycles. The van der Waals surface area contributed by atoms with E-state index in [1.165, 1.54) is 0 Å². The summed E-state index contributed by atoms with van der Waals surface area (Å²) in [4.78, 5) is 12.8. The van der Waals surface area contributed by atoms with E-state index in [1.807, 2.05) is 39.0 Å². The number of anilines is 1. The van der Waals surface area contributed by atoms with Crippen molar-refractivity contribution in [3.8, 4) is 5.75 Å². The van der Waals surface area contributed by atoms with Crippen LogP contribution in [0.4, 0.5) is 5.69 Å². The van der Waals surface area contributed by atoms with Gasteiger partial charge < -0.3 is 10.1 Å². The van der Waals surface area contributed by atoms with Crippen LogP contribution in [0, 0.1) is 6.92 Å². The zero-order valence-electron chi connectivity index (χ0n) is 16.6. The highest BCUT2D eigenvalue weighted by atomic mass is 32.2. The highest BCUT2D eigenvalue weighted by Gasteiger charge is 2.35. The van der Waals surface area contributed by atoms with Crippen LogP contribution in [0.2, 0.25) is 0 Å². The van der Waals surface area contributed by atoms with Gasteiger partial charge in [0.25, 0.3) is 0 Å². The number of nitrogens with one attached hydrogen (secondary N) is 1. The first-order chi connectivity index (χ1) is 13.0. The van der Waals surface area contributed by atoms with Crippen molar-refractivity contribution < 1.29 is 17.9 Å². The summed E-state index contributed by atoms with van der Waals surface area (Å²) in [5.41, 5.74) is 2.01. The second kappa shape index (κ2) is 7.47. The maximum Gasteiger partial charge on any atom is 0.241 e. The Labute approximate surface area is 166 Å². The third-order valence-corrected chi connectivity index (χ3v) is 5.83. The first-order valence-electron chi connectivity index (χ1n) is 9.17. The Morgan fingerprint density at radius 3 is 2.54 bits per heavy atom. The molecule has 1 heterocycles. The number of rotatable bonds is 5. The van der Waals surface area contributed by atoms with E-state index in [-0.39, 0.29) is 18.5 Å². The summed E-state index contributed by atoms with van der Waals surface area (Å²) in [5.74, 6) is 0.396. The molecular weight excluding hydrogens is 376 g/mol. The smallest absolute Gasteiger partial charge is 0.241 e. The van der Waals surface area contributed by atoms with Gasteiger partial charge in [0, 0.05) is 12.0 Å². The SMILES string of the molecule is Cc1ccc2c(c1)OC(C)(C)C[C@@H]2NC(=O)CN(c1ccccc1)S(C)(=O)=O. The standard InChI is InChI=1S/C21H26N2O4S/c1-15-10-11-17-18(13-21(2,3)27-19(17)12-15)22-20(24)14-23(28(4,25)26)16-8-6-5-7-9-16/h5-12,18H,13-14H2,1-4H3,(H,22,24)/t18-/m0/s1. The lowest BCUT2D eigenvalue weighted by Gasteiger charge is -2.38. The Hall–Kier alpha value is -2.54. The number of hydrogen-bond donors (Lipinski definition) is 1. The lowest BCUT2D eigenvalue weighted by Crippen LogP contribution is -2.45.